The van der Waals surface area contributed by atoms with Crippen molar-refractivity contribution in [3.63, 3.8) is 0 Å². The van der Waals surface area contributed by atoms with Crippen LogP contribution in [0.5, 0.6) is 0 Å². The van der Waals surface area contributed by atoms with Gasteiger partial charge in [-0.3, -0.25) is 33.6 Å². The average Bonchev–Trinajstić information content (AvgIpc) is 3.38. The topological polar surface area (TPSA) is 181 Å². The Morgan fingerprint density at radius 3 is 0.824 bits per heavy atom. The predicted molar refractivity (Wildman–Crippen MR) is 296 cm³/mol. The van der Waals surface area contributed by atoms with Crippen molar-refractivity contribution in [3.05, 3.63) is 0 Å². The number of rotatable bonds is 52. The van der Waals surface area contributed by atoms with Gasteiger partial charge in [-0.1, -0.05) is 168 Å². The lowest BCUT2D eigenvalue weighted by molar-refractivity contribution is -0.156. The van der Waals surface area contributed by atoms with E-state index in [1.54, 1.807) is 4.90 Å². The monoisotopic (exact) mass is 1070 g/mol. The van der Waals surface area contributed by atoms with Crippen LogP contribution in [-0.2, 0) is 57.2 Å². The molecule has 0 saturated carbocycles. The van der Waals surface area contributed by atoms with E-state index in [-0.39, 0.29) is 94.7 Å². The van der Waals surface area contributed by atoms with Gasteiger partial charge in [0, 0.05) is 57.4 Å². The number of esters is 6. The zero-order chi connectivity index (χ0) is 54.7. The van der Waals surface area contributed by atoms with E-state index in [1.165, 1.54) is 37.4 Å². The molecule has 0 aliphatic rings. The number of hydrogen-bond acceptors (Lipinski definition) is 15. The fourth-order valence-electron chi connectivity index (χ4n) is 7.94. The van der Waals surface area contributed by atoms with Gasteiger partial charge in [0.25, 0.3) is 5.24 Å². The standard InChI is InChI=1S/C58H106N2O13S/c1-7-11-15-19-23-27-34-52(61)68-44-50(45-69-53(62)35-28-24-20-16-12-8-2)48-72-56(65)38-31-41-60(58(67)74-43-33-40-59(5)6)42-32-39-57(66)73-49-51(46-70-54(63)36-29-25-21-17-13-9-3)47-71-55(64)37-30-26-22-18-14-10-4/h50-51H,7-49H2,1-6H3. The molecule has 0 atom stereocenters. The third-order valence-electron chi connectivity index (χ3n) is 12.7. The minimum absolute atomic E-state index is 0.0218. The van der Waals surface area contributed by atoms with E-state index >= 15 is 0 Å². The Morgan fingerprint density at radius 1 is 0.324 bits per heavy atom. The average molecular weight is 1070 g/mol. The fourth-order valence-corrected chi connectivity index (χ4v) is 8.75. The van der Waals surface area contributed by atoms with Crippen LogP contribution in [0.4, 0.5) is 4.79 Å². The molecule has 0 aromatic rings. The number of thioether (sulfide) groups is 1. The van der Waals surface area contributed by atoms with Crippen molar-refractivity contribution < 1.29 is 62.0 Å². The first-order valence-electron chi connectivity index (χ1n) is 29.3. The van der Waals surface area contributed by atoms with Gasteiger partial charge in [-0.05, 0) is 65.6 Å². The van der Waals surface area contributed by atoms with Gasteiger partial charge < -0.3 is 38.2 Å². The fraction of sp³-hybridized carbons (Fsp3) is 0.879. The minimum Gasteiger partial charge on any atom is -0.465 e. The van der Waals surface area contributed by atoms with Crippen molar-refractivity contribution in [2.45, 2.75) is 240 Å². The molecule has 0 fully saturated rings. The van der Waals surface area contributed by atoms with Crippen molar-refractivity contribution in [1.82, 2.24) is 9.80 Å². The second-order valence-electron chi connectivity index (χ2n) is 20.4. The molecular formula is C58H106N2O13S. The predicted octanol–water partition coefficient (Wildman–Crippen LogP) is 13.1. The highest BCUT2D eigenvalue weighted by molar-refractivity contribution is 8.13. The smallest absolute Gasteiger partial charge is 0.305 e. The molecule has 0 aliphatic carbocycles. The normalized spacial score (nSPS) is 11.3. The van der Waals surface area contributed by atoms with Crippen LogP contribution in [0, 0.1) is 11.8 Å². The second-order valence-corrected chi connectivity index (χ2v) is 21.4. The number of unbranched alkanes of at least 4 members (excludes halogenated alkanes) is 20. The highest BCUT2D eigenvalue weighted by atomic mass is 32.2. The number of nitrogens with zero attached hydrogens (tertiary/aromatic N) is 2. The molecular weight excluding hydrogens is 965 g/mol. The maximum atomic E-state index is 13.5. The van der Waals surface area contributed by atoms with Crippen LogP contribution in [0.25, 0.3) is 0 Å². The lowest BCUT2D eigenvalue weighted by Crippen LogP contribution is -2.31. The molecule has 0 aliphatic heterocycles. The Morgan fingerprint density at radius 2 is 0.568 bits per heavy atom. The number of carbonyl (C=O) groups excluding carboxylic acids is 7. The van der Waals surface area contributed by atoms with Crippen LogP contribution in [0.1, 0.15) is 240 Å². The quantitative estimate of drug-likeness (QED) is 0.0318. The molecule has 0 heterocycles. The number of amides is 1. The largest absolute Gasteiger partial charge is 0.465 e. The lowest BCUT2D eigenvalue weighted by atomic mass is 10.1. The lowest BCUT2D eigenvalue weighted by Gasteiger charge is -2.22. The summed E-state index contributed by atoms with van der Waals surface area (Å²) in [6, 6.07) is 0. The van der Waals surface area contributed by atoms with Gasteiger partial charge in [-0.15, -0.1) is 0 Å². The molecule has 0 rings (SSSR count). The van der Waals surface area contributed by atoms with Gasteiger partial charge in [-0.2, -0.15) is 0 Å². The van der Waals surface area contributed by atoms with Gasteiger partial charge in [-0.25, -0.2) is 0 Å². The zero-order valence-electron chi connectivity index (χ0n) is 47.7. The molecule has 0 aromatic carbocycles. The van der Waals surface area contributed by atoms with Gasteiger partial charge in [0.2, 0.25) is 0 Å². The number of carbonyl (C=O) groups is 7. The number of ether oxygens (including phenoxy) is 6. The van der Waals surface area contributed by atoms with Crippen LogP contribution in [0.15, 0.2) is 0 Å². The Kier molecular flexibility index (Phi) is 49.3. The van der Waals surface area contributed by atoms with Crippen molar-refractivity contribution in [3.8, 4) is 0 Å². The van der Waals surface area contributed by atoms with E-state index in [2.05, 4.69) is 32.6 Å². The Bertz CT molecular complexity index is 1280. The molecule has 0 saturated heterocycles. The van der Waals surface area contributed by atoms with Crippen molar-refractivity contribution >= 4 is 52.8 Å². The van der Waals surface area contributed by atoms with Crippen molar-refractivity contribution in [2.24, 2.45) is 11.8 Å². The first-order valence-corrected chi connectivity index (χ1v) is 30.3. The van der Waals surface area contributed by atoms with Gasteiger partial charge in [0.15, 0.2) is 0 Å². The van der Waals surface area contributed by atoms with Crippen LogP contribution < -0.4 is 0 Å². The van der Waals surface area contributed by atoms with Gasteiger partial charge in [0.1, 0.15) is 39.6 Å². The first kappa shape index (κ1) is 70.6. The maximum Gasteiger partial charge on any atom is 0.305 e. The summed E-state index contributed by atoms with van der Waals surface area (Å²) in [5.74, 6) is -2.73. The molecule has 432 valence electrons. The van der Waals surface area contributed by atoms with Crippen molar-refractivity contribution in [1.29, 1.82) is 0 Å². The van der Waals surface area contributed by atoms with Crippen LogP contribution >= 0.6 is 11.8 Å². The Hall–Kier alpha value is -3.40. The molecule has 15 nitrogen and oxygen atoms in total. The van der Waals surface area contributed by atoms with Crippen LogP contribution in [0.2, 0.25) is 0 Å². The van der Waals surface area contributed by atoms with E-state index in [4.69, 9.17) is 28.4 Å². The Balaban J connectivity index is 5.41. The van der Waals surface area contributed by atoms with E-state index < -0.39 is 23.8 Å². The SMILES string of the molecule is CCCCCCCCC(=O)OCC(COC(=O)CCCCCCCC)COC(=O)CCCN(CCCC(=O)OCC(COC(=O)CCCCCCCC)COC(=O)CCCCCCCC)C(=O)SCCCN(C)C. The minimum atomic E-state index is -0.525. The summed E-state index contributed by atoms with van der Waals surface area (Å²) < 4.78 is 33.4. The highest BCUT2D eigenvalue weighted by Gasteiger charge is 2.21. The molecule has 0 unspecified atom stereocenters. The molecule has 1 amide bonds. The summed E-state index contributed by atoms with van der Waals surface area (Å²) >= 11 is 1.20. The highest BCUT2D eigenvalue weighted by Crippen LogP contribution is 2.16. The second kappa shape index (κ2) is 51.7. The van der Waals surface area contributed by atoms with Gasteiger partial charge >= 0.3 is 35.8 Å². The maximum absolute atomic E-state index is 13.5. The van der Waals surface area contributed by atoms with Crippen molar-refractivity contribution in [2.75, 3.05) is 79.1 Å². The van der Waals surface area contributed by atoms with Crippen LogP contribution in [-0.4, -0.2) is 130 Å². The molecule has 74 heavy (non-hydrogen) atoms. The summed E-state index contributed by atoms with van der Waals surface area (Å²) in [7, 11) is 3.95. The van der Waals surface area contributed by atoms with E-state index in [9.17, 15) is 33.6 Å². The summed E-state index contributed by atoms with van der Waals surface area (Å²) in [6.07, 6.45) is 27.7. The summed E-state index contributed by atoms with van der Waals surface area (Å²) in [6.45, 7) is 9.65. The summed E-state index contributed by atoms with van der Waals surface area (Å²) in [5, 5.41) is -0.151. The number of hydrogen-bond donors (Lipinski definition) is 0. The summed E-state index contributed by atoms with van der Waals surface area (Å²) in [5.41, 5.74) is 0. The van der Waals surface area contributed by atoms with Crippen LogP contribution in [0.3, 0.4) is 0 Å². The third kappa shape index (κ3) is 47.1. The van der Waals surface area contributed by atoms with E-state index in [0.717, 1.165) is 141 Å². The molecule has 0 N–H and O–H groups in total. The van der Waals surface area contributed by atoms with E-state index in [0.29, 0.717) is 44.3 Å². The molecule has 0 radical (unpaired) electrons. The Labute approximate surface area is 453 Å². The first-order chi connectivity index (χ1) is 35.8. The zero-order valence-corrected chi connectivity index (χ0v) is 48.5. The molecule has 16 heteroatoms. The third-order valence-corrected chi connectivity index (χ3v) is 13.7. The van der Waals surface area contributed by atoms with E-state index in [1.807, 2.05) is 14.1 Å². The molecule has 0 aromatic heterocycles. The van der Waals surface area contributed by atoms with Gasteiger partial charge in [0.05, 0.1) is 11.8 Å². The molecule has 0 bridgehead atoms. The summed E-state index contributed by atoms with van der Waals surface area (Å²) in [4.78, 5) is 93.6. The molecule has 0 spiro atoms.